The molecule has 0 nitrogen and oxygen atoms in total. The highest BCUT2D eigenvalue weighted by atomic mass is 35.5. The Labute approximate surface area is 95.9 Å². The van der Waals surface area contributed by atoms with E-state index in [2.05, 4.69) is 45.0 Å². The lowest BCUT2D eigenvalue weighted by molar-refractivity contribution is 1.30. The Kier molecular flexibility index (Phi) is 2.70. The van der Waals surface area contributed by atoms with E-state index in [4.69, 9.17) is 11.6 Å². The maximum absolute atomic E-state index is 5.92. The summed E-state index contributed by atoms with van der Waals surface area (Å²) in [5.41, 5.74) is 5.21. The second-order valence-corrected chi connectivity index (χ2v) is 4.41. The number of hydrogen-bond acceptors (Lipinski definition) is 0. The third-order valence-corrected chi connectivity index (χ3v) is 3.45. The molecule has 0 heterocycles. The first kappa shape index (κ1) is 10.5. The molecular formula is C14H15Cl. The molecule has 0 unspecified atom stereocenters. The SMILES string of the molecule is Cc1cc2ccc(C)c(C)c2cc1CCl. The van der Waals surface area contributed by atoms with Gasteiger partial charge in [0, 0.05) is 5.88 Å². The number of alkyl halides is 1. The number of fused-ring (bicyclic) bond motifs is 1. The third kappa shape index (κ3) is 1.74. The van der Waals surface area contributed by atoms with E-state index in [9.17, 15) is 0 Å². The van der Waals surface area contributed by atoms with Gasteiger partial charge >= 0.3 is 0 Å². The molecule has 0 aliphatic rings. The molecule has 0 saturated heterocycles. The summed E-state index contributed by atoms with van der Waals surface area (Å²) < 4.78 is 0. The van der Waals surface area contributed by atoms with E-state index >= 15 is 0 Å². The number of rotatable bonds is 1. The van der Waals surface area contributed by atoms with Crippen LogP contribution in [-0.2, 0) is 5.88 Å². The Hall–Kier alpha value is -1.01. The van der Waals surface area contributed by atoms with E-state index in [1.165, 1.54) is 33.0 Å². The summed E-state index contributed by atoms with van der Waals surface area (Å²) in [5, 5.41) is 2.64. The maximum atomic E-state index is 5.92. The zero-order valence-electron chi connectivity index (χ0n) is 9.39. The highest BCUT2D eigenvalue weighted by Crippen LogP contribution is 2.25. The summed E-state index contributed by atoms with van der Waals surface area (Å²) in [6.45, 7) is 6.44. The summed E-state index contributed by atoms with van der Waals surface area (Å²) in [5.74, 6) is 0.592. The van der Waals surface area contributed by atoms with E-state index in [1.54, 1.807) is 0 Å². The number of benzene rings is 2. The minimum absolute atomic E-state index is 0.592. The second kappa shape index (κ2) is 3.86. The van der Waals surface area contributed by atoms with Gasteiger partial charge in [0.1, 0.15) is 0 Å². The number of hydrogen-bond donors (Lipinski definition) is 0. The Morgan fingerprint density at radius 2 is 1.73 bits per heavy atom. The average molecular weight is 219 g/mol. The van der Waals surface area contributed by atoms with Crippen molar-refractivity contribution in [2.75, 3.05) is 0 Å². The van der Waals surface area contributed by atoms with Crippen LogP contribution in [0.3, 0.4) is 0 Å². The minimum Gasteiger partial charge on any atom is -0.122 e. The fraction of sp³-hybridized carbons (Fsp3) is 0.286. The lowest BCUT2D eigenvalue weighted by Crippen LogP contribution is -1.89. The van der Waals surface area contributed by atoms with Crippen molar-refractivity contribution >= 4 is 22.4 Å². The predicted molar refractivity (Wildman–Crippen MR) is 67.7 cm³/mol. The molecule has 2 rings (SSSR count). The fourth-order valence-corrected chi connectivity index (χ4v) is 2.22. The van der Waals surface area contributed by atoms with Crippen LogP contribution in [0.1, 0.15) is 22.3 Å². The normalized spacial score (nSPS) is 10.9. The highest BCUT2D eigenvalue weighted by molar-refractivity contribution is 6.17. The lowest BCUT2D eigenvalue weighted by atomic mass is 9.97. The van der Waals surface area contributed by atoms with Gasteiger partial charge in [-0.2, -0.15) is 0 Å². The molecule has 0 aromatic heterocycles. The van der Waals surface area contributed by atoms with Crippen LogP contribution < -0.4 is 0 Å². The molecule has 0 N–H and O–H groups in total. The van der Waals surface area contributed by atoms with Gasteiger partial charge < -0.3 is 0 Å². The highest BCUT2D eigenvalue weighted by Gasteiger charge is 2.04. The molecule has 15 heavy (non-hydrogen) atoms. The van der Waals surface area contributed by atoms with Gasteiger partial charge in [-0.25, -0.2) is 0 Å². The van der Waals surface area contributed by atoms with Gasteiger partial charge in [0.15, 0.2) is 0 Å². The topological polar surface area (TPSA) is 0 Å². The smallest absolute Gasteiger partial charge is 0.0476 e. The van der Waals surface area contributed by atoms with Gasteiger partial charge in [-0.15, -0.1) is 11.6 Å². The quantitative estimate of drug-likeness (QED) is 0.618. The molecule has 0 aliphatic carbocycles. The summed E-state index contributed by atoms with van der Waals surface area (Å²) in [6.07, 6.45) is 0. The average Bonchev–Trinajstić information content (AvgIpc) is 2.23. The van der Waals surface area contributed by atoms with Crippen LogP contribution in [0.5, 0.6) is 0 Å². The van der Waals surface area contributed by atoms with Crippen molar-refractivity contribution in [1.29, 1.82) is 0 Å². The molecule has 0 fully saturated rings. The molecule has 0 atom stereocenters. The largest absolute Gasteiger partial charge is 0.122 e. The van der Waals surface area contributed by atoms with Crippen molar-refractivity contribution in [3.63, 3.8) is 0 Å². The van der Waals surface area contributed by atoms with Gasteiger partial charge in [0.2, 0.25) is 0 Å². The van der Waals surface area contributed by atoms with Crippen LogP contribution >= 0.6 is 11.6 Å². The molecule has 0 spiro atoms. The lowest BCUT2D eigenvalue weighted by Gasteiger charge is -2.09. The van der Waals surface area contributed by atoms with Gasteiger partial charge in [-0.05, 0) is 59.9 Å². The molecule has 2 aromatic carbocycles. The Bertz CT molecular complexity index is 512. The summed E-state index contributed by atoms with van der Waals surface area (Å²) >= 11 is 5.92. The van der Waals surface area contributed by atoms with Crippen molar-refractivity contribution < 1.29 is 0 Å². The fourth-order valence-electron chi connectivity index (χ4n) is 1.93. The van der Waals surface area contributed by atoms with Crippen molar-refractivity contribution in [3.05, 3.63) is 46.5 Å². The zero-order chi connectivity index (χ0) is 11.0. The van der Waals surface area contributed by atoms with E-state index in [-0.39, 0.29) is 0 Å². The Morgan fingerprint density at radius 3 is 2.40 bits per heavy atom. The van der Waals surface area contributed by atoms with Gasteiger partial charge in [-0.3, -0.25) is 0 Å². The molecule has 0 saturated carbocycles. The van der Waals surface area contributed by atoms with Crippen LogP contribution in [0.2, 0.25) is 0 Å². The van der Waals surface area contributed by atoms with Gasteiger partial charge in [0.05, 0.1) is 0 Å². The number of halogens is 1. The standard InChI is InChI=1S/C14H15Cl/c1-9-4-5-12-6-10(2)13(8-15)7-14(12)11(9)3/h4-7H,8H2,1-3H3. The molecule has 0 radical (unpaired) electrons. The van der Waals surface area contributed by atoms with Crippen molar-refractivity contribution in [1.82, 2.24) is 0 Å². The van der Waals surface area contributed by atoms with E-state index in [1.807, 2.05) is 0 Å². The second-order valence-electron chi connectivity index (χ2n) is 4.14. The van der Waals surface area contributed by atoms with Crippen LogP contribution in [0.15, 0.2) is 24.3 Å². The van der Waals surface area contributed by atoms with Gasteiger partial charge in [0.25, 0.3) is 0 Å². The molecule has 0 amide bonds. The maximum Gasteiger partial charge on any atom is 0.0476 e. The molecular weight excluding hydrogens is 204 g/mol. The van der Waals surface area contributed by atoms with Crippen LogP contribution in [0.25, 0.3) is 10.8 Å². The van der Waals surface area contributed by atoms with Crippen LogP contribution in [0.4, 0.5) is 0 Å². The first-order valence-electron chi connectivity index (χ1n) is 5.19. The first-order valence-corrected chi connectivity index (χ1v) is 5.72. The first-order chi connectivity index (χ1) is 7.13. The predicted octanol–water partition coefficient (Wildman–Crippen LogP) is 4.50. The monoisotopic (exact) mass is 218 g/mol. The van der Waals surface area contributed by atoms with Crippen molar-refractivity contribution in [2.24, 2.45) is 0 Å². The van der Waals surface area contributed by atoms with Crippen molar-refractivity contribution in [2.45, 2.75) is 26.7 Å². The van der Waals surface area contributed by atoms with Gasteiger partial charge in [-0.1, -0.05) is 18.2 Å². The molecule has 78 valence electrons. The van der Waals surface area contributed by atoms with Crippen LogP contribution in [0, 0.1) is 20.8 Å². The zero-order valence-corrected chi connectivity index (χ0v) is 10.2. The number of aryl methyl sites for hydroxylation is 3. The summed E-state index contributed by atoms with van der Waals surface area (Å²) in [7, 11) is 0. The van der Waals surface area contributed by atoms with Crippen molar-refractivity contribution in [3.8, 4) is 0 Å². The molecule has 0 aliphatic heterocycles. The minimum atomic E-state index is 0.592. The van der Waals surface area contributed by atoms with E-state index < -0.39 is 0 Å². The Morgan fingerprint density at radius 1 is 1.00 bits per heavy atom. The third-order valence-electron chi connectivity index (χ3n) is 3.16. The molecule has 0 bridgehead atoms. The summed E-state index contributed by atoms with van der Waals surface area (Å²) in [4.78, 5) is 0. The molecule has 2 aromatic rings. The Balaban J connectivity index is 2.82. The molecule has 1 heteroatoms. The van der Waals surface area contributed by atoms with E-state index in [0.717, 1.165) is 0 Å². The van der Waals surface area contributed by atoms with Crippen LogP contribution in [-0.4, -0.2) is 0 Å². The van der Waals surface area contributed by atoms with E-state index in [0.29, 0.717) is 5.88 Å². The summed E-state index contributed by atoms with van der Waals surface area (Å²) in [6, 6.07) is 8.81.